The fraction of sp³-hybridized carbons (Fsp3) is 0.0833. The Bertz CT molecular complexity index is 1330. The van der Waals surface area contributed by atoms with Crippen molar-refractivity contribution in [2.24, 2.45) is 16.0 Å². The second-order valence-electron chi connectivity index (χ2n) is 7.38. The number of anilines is 2. The lowest BCUT2D eigenvalue weighted by molar-refractivity contribution is -0.123. The van der Waals surface area contributed by atoms with Gasteiger partial charge in [-0.25, -0.2) is 15.6 Å². The summed E-state index contributed by atoms with van der Waals surface area (Å²) in [5, 5.41) is 25.4. The molecule has 0 bridgehead atoms. The lowest BCUT2D eigenvalue weighted by Gasteiger charge is -2.17. The Balaban J connectivity index is 1.76. The minimum absolute atomic E-state index is 0.0826. The largest absolute Gasteiger partial charge is 0.478 e. The van der Waals surface area contributed by atoms with Gasteiger partial charge in [0.25, 0.3) is 0 Å². The molecule has 1 unspecified atom stereocenters. The lowest BCUT2D eigenvalue weighted by atomic mass is 10.1. The van der Waals surface area contributed by atoms with Crippen LogP contribution in [0.4, 0.5) is 11.4 Å². The summed E-state index contributed by atoms with van der Waals surface area (Å²) in [5.41, 5.74) is 1.47. The first-order valence-electron chi connectivity index (χ1n) is 10.6. The number of hydrogen-bond donors (Lipinski definition) is 4. The van der Waals surface area contributed by atoms with Crippen molar-refractivity contribution in [3.8, 4) is 0 Å². The maximum Gasteiger partial charge on any atom is 0.335 e. The average Bonchev–Trinajstić information content (AvgIpc) is 3.39. The summed E-state index contributed by atoms with van der Waals surface area (Å²) < 4.78 is 0. The first kappa shape index (κ1) is 27.2. The molecule has 13 heteroatoms. The molecule has 11 nitrogen and oxygen atoms in total. The van der Waals surface area contributed by atoms with Crippen LogP contribution in [0.5, 0.6) is 0 Å². The molecule has 0 saturated heterocycles. The maximum atomic E-state index is 13.0. The quantitative estimate of drug-likeness (QED) is 0.0955. The third-order valence-electron chi connectivity index (χ3n) is 4.83. The van der Waals surface area contributed by atoms with Gasteiger partial charge in [0, 0.05) is 47.1 Å². The van der Waals surface area contributed by atoms with E-state index in [1.165, 1.54) is 59.1 Å². The number of halogens is 1. The van der Waals surface area contributed by atoms with E-state index in [1.807, 2.05) is 0 Å². The van der Waals surface area contributed by atoms with Crippen LogP contribution in [-0.4, -0.2) is 47.0 Å². The number of aromatic nitrogens is 1. The number of nitrogens with two attached hydrogens (primary N) is 1. The molecular weight excluding hydrogens is 518 g/mol. The fourth-order valence-electron chi connectivity index (χ4n) is 3.10. The standard InChI is InChI=1S/C24H22ClN7O4S/c1-27-29-14-32(26)20-8-5-17(25)12-16(20)4-9-21(33)31-19(13-22-28-10-11-37-22)23(34)30-18-6-2-15(3-7-18)24(35)36/h2-12,14,19H,1,13,26H2,(H,30,34)(H,31,33)(H,35,36)/b9-4+,29-14-. The van der Waals surface area contributed by atoms with Crippen molar-refractivity contribution in [3.05, 3.63) is 81.3 Å². The van der Waals surface area contributed by atoms with Gasteiger partial charge in [-0.2, -0.15) is 5.10 Å². The smallest absolute Gasteiger partial charge is 0.335 e. The van der Waals surface area contributed by atoms with Crippen molar-refractivity contribution < 1.29 is 19.5 Å². The fourth-order valence-corrected chi connectivity index (χ4v) is 3.94. The molecule has 2 aromatic carbocycles. The molecule has 0 radical (unpaired) electrons. The topological polar surface area (TPSA) is 162 Å². The number of amides is 2. The number of hydrogen-bond acceptors (Lipinski definition) is 8. The molecule has 0 fully saturated rings. The van der Waals surface area contributed by atoms with Gasteiger partial charge in [0.05, 0.1) is 16.3 Å². The predicted molar refractivity (Wildman–Crippen MR) is 145 cm³/mol. The monoisotopic (exact) mass is 539 g/mol. The molecule has 0 saturated carbocycles. The molecule has 0 aliphatic carbocycles. The highest BCUT2D eigenvalue weighted by molar-refractivity contribution is 7.09. The van der Waals surface area contributed by atoms with E-state index in [4.69, 9.17) is 22.6 Å². The second-order valence-corrected chi connectivity index (χ2v) is 8.79. The number of carboxylic acid groups (broad SMARTS) is 1. The van der Waals surface area contributed by atoms with Crippen LogP contribution in [0.15, 0.2) is 70.3 Å². The highest BCUT2D eigenvalue weighted by Crippen LogP contribution is 2.23. The van der Waals surface area contributed by atoms with Gasteiger partial charge in [-0.3, -0.25) is 14.6 Å². The van der Waals surface area contributed by atoms with Gasteiger partial charge in [0.15, 0.2) is 0 Å². The summed E-state index contributed by atoms with van der Waals surface area (Å²) in [5.74, 6) is 3.84. The number of benzene rings is 2. The van der Waals surface area contributed by atoms with Crippen LogP contribution in [-0.2, 0) is 16.0 Å². The molecule has 0 aliphatic rings. The average molecular weight is 540 g/mol. The molecule has 2 amide bonds. The van der Waals surface area contributed by atoms with Crippen molar-refractivity contribution in [2.45, 2.75) is 12.5 Å². The Morgan fingerprint density at radius 2 is 2.00 bits per heavy atom. The van der Waals surface area contributed by atoms with Gasteiger partial charge in [0.1, 0.15) is 12.4 Å². The van der Waals surface area contributed by atoms with Crippen LogP contribution < -0.4 is 21.5 Å². The summed E-state index contributed by atoms with van der Waals surface area (Å²) >= 11 is 7.45. The van der Waals surface area contributed by atoms with Crippen molar-refractivity contribution in [2.75, 3.05) is 10.3 Å². The Morgan fingerprint density at radius 1 is 1.24 bits per heavy atom. The van der Waals surface area contributed by atoms with E-state index in [9.17, 15) is 14.4 Å². The first-order valence-corrected chi connectivity index (χ1v) is 11.9. The Morgan fingerprint density at radius 3 is 2.65 bits per heavy atom. The van der Waals surface area contributed by atoms with Crippen molar-refractivity contribution in [3.63, 3.8) is 0 Å². The normalized spacial score (nSPS) is 11.8. The zero-order valence-electron chi connectivity index (χ0n) is 19.2. The van der Waals surface area contributed by atoms with Crippen LogP contribution in [0.3, 0.4) is 0 Å². The Hall–Kier alpha value is -4.39. The lowest BCUT2D eigenvalue weighted by Crippen LogP contribution is -2.44. The van der Waals surface area contributed by atoms with E-state index < -0.39 is 23.8 Å². The van der Waals surface area contributed by atoms with Gasteiger partial charge in [-0.15, -0.1) is 16.4 Å². The van der Waals surface area contributed by atoms with Gasteiger partial charge >= 0.3 is 5.97 Å². The van der Waals surface area contributed by atoms with Crippen molar-refractivity contribution >= 4 is 71.2 Å². The summed E-state index contributed by atoms with van der Waals surface area (Å²) in [4.78, 5) is 41.0. The van der Waals surface area contributed by atoms with Crippen LogP contribution >= 0.6 is 22.9 Å². The van der Waals surface area contributed by atoms with Gasteiger partial charge in [-0.1, -0.05) is 11.6 Å². The molecule has 3 aromatic rings. The van der Waals surface area contributed by atoms with Crippen LogP contribution in [0, 0.1) is 0 Å². The number of carboxylic acids is 1. The Labute approximate surface area is 221 Å². The van der Waals surface area contributed by atoms with E-state index in [2.05, 4.69) is 32.5 Å². The number of thiazole rings is 1. The summed E-state index contributed by atoms with van der Waals surface area (Å²) in [6.45, 7) is 3.25. The zero-order valence-corrected chi connectivity index (χ0v) is 20.8. The number of hydrazine groups is 1. The number of aromatic carboxylic acids is 1. The third-order valence-corrected chi connectivity index (χ3v) is 5.87. The molecule has 1 atom stereocenters. The maximum absolute atomic E-state index is 13.0. The molecular formula is C24H22ClN7O4S. The molecule has 190 valence electrons. The van der Waals surface area contributed by atoms with Gasteiger partial charge < -0.3 is 15.7 Å². The first-order chi connectivity index (χ1) is 17.8. The number of carbonyl (C=O) groups is 3. The minimum atomic E-state index is -1.08. The summed E-state index contributed by atoms with van der Waals surface area (Å²) in [7, 11) is 0. The van der Waals surface area contributed by atoms with Crippen LogP contribution in [0.25, 0.3) is 6.08 Å². The molecule has 1 heterocycles. The van der Waals surface area contributed by atoms with E-state index in [0.29, 0.717) is 27.0 Å². The van der Waals surface area contributed by atoms with Crippen LogP contribution in [0.2, 0.25) is 5.02 Å². The molecule has 1 aromatic heterocycles. The number of nitrogens with one attached hydrogen (secondary N) is 2. The van der Waals surface area contributed by atoms with Crippen molar-refractivity contribution in [1.82, 2.24) is 10.3 Å². The number of carbonyl (C=O) groups excluding carboxylic acids is 2. The molecule has 0 aliphatic heterocycles. The van der Waals surface area contributed by atoms with E-state index in [0.717, 1.165) is 0 Å². The predicted octanol–water partition coefficient (Wildman–Crippen LogP) is 3.20. The van der Waals surface area contributed by atoms with E-state index in [-0.39, 0.29) is 12.0 Å². The second kappa shape index (κ2) is 13.1. The van der Waals surface area contributed by atoms with Gasteiger partial charge in [0.2, 0.25) is 11.8 Å². The molecule has 37 heavy (non-hydrogen) atoms. The molecule has 0 spiro atoms. The SMILES string of the molecule is C=N/N=C\N(N)c1ccc(Cl)cc1/C=C/C(=O)NC(Cc1nccs1)C(=O)Nc1ccc(C(=O)O)cc1. The van der Waals surface area contributed by atoms with E-state index >= 15 is 0 Å². The third kappa shape index (κ3) is 8.07. The minimum Gasteiger partial charge on any atom is -0.478 e. The number of nitrogens with zero attached hydrogens (tertiary/aromatic N) is 4. The van der Waals surface area contributed by atoms with E-state index in [1.54, 1.807) is 29.8 Å². The zero-order chi connectivity index (χ0) is 26.8. The van der Waals surface area contributed by atoms with Crippen molar-refractivity contribution in [1.29, 1.82) is 0 Å². The number of rotatable bonds is 11. The van der Waals surface area contributed by atoms with Crippen LogP contribution in [0.1, 0.15) is 20.9 Å². The summed E-state index contributed by atoms with van der Waals surface area (Å²) in [6.07, 6.45) is 5.74. The van der Waals surface area contributed by atoms with Gasteiger partial charge in [-0.05, 0) is 48.5 Å². The molecule has 3 rings (SSSR count). The summed E-state index contributed by atoms with van der Waals surface area (Å²) in [6, 6.07) is 9.59. The highest BCUT2D eigenvalue weighted by Gasteiger charge is 2.22. The highest BCUT2D eigenvalue weighted by atomic mass is 35.5. The molecule has 5 N–H and O–H groups in total. The Kier molecular flexibility index (Phi) is 9.61.